The molecule has 2 aromatic heterocycles. The third kappa shape index (κ3) is 2.42. The molecule has 8 heteroatoms. The highest BCUT2D eigenvalue weighted by molar-refractivity contribution is 7.11. The fourth-order valence-corrected chi connectivity index (χ4v) is 2.69. The van der Waals surface area contributed by atoms with Gasteiger partial charge < -0.3 is 10.0 Å². The number of anilines is 1. The third-order valence-electron chi connectivity index (χ3n) is 2.97. The summed E-state index contributed by atoms with van der Waals surface area (Å²) in [5, 5.41) is 13.5. The van der Waals surface area contributed by atoms with Gasteiger partial charge in [-0.3, -0.25) is 9.48 Å². The van der Waals surface area contributed by atoms with Gasteiger partial charge in [0.2, 0.25) is 0 Å². The molecule has 1 atom stereocenters. The molecule has 0 aromatic carbocycles. The molecule has 0 radical (unpaired) electrons. The highest BCUT2D eigenvalue weighted by Crippen LogP contribution is 2.29. The summed E-state index contributed by atoms with van der Waals surface area (Å²) in [6.45, 7) is 3.32. The zero-order valence-electron chi connectivity index (χ0n) is 11.3. The van der Waals surface area contributed by atoms with E-state index in [1.54, 1.807) is 39.4 Å². The van der Waals surface area contributed by atoms with Crippen LogP contribution in [0.3, 0.4) is 0 Å². The predicted molar refractivity (Wildman–Crippen MR) is 74.2 cm³/mol. The highest BCUT2D eigenvalue weighted by Gasteiger charge is 2.27. The summed E-state index contributed by atoms with van der Waals surface area (Å²) < 4.78 is 5.53. The minimum Gasteiger partial charge on any atom is -0.478 e. The van der Waals surface area contributed by atoms with E-state index in [1.165, 1.54) is 9.58 Å². The van der Waals surface area contributed by atoms with Gasteiger partial charge in [0.05, 0.1) is 5.69 Å². The van der Waals surface area contributed by atoms with Gasteiger partial charge in [0.1, 0.15) is 16.6 Å². The first-order chi connectivity index (χ1) is 9.43. The molecule has 0 aliphatic carbocycles. The fourth-order valence-electron chi connectivity index (χ4n) is 1.84. The van der Waals surface area contributed by atoms with Crippen LogP contribution in [-0.4, -0.2) is 38.2 Å². The number of carboxylic acid groups (broad SMARTS) is 1. The molecule has 2 aromatic rings. The van der Waals surface area contributed by atoms with Gasteiger partial charge in [-0.2, -0.15) is 9.47 Å². The third-order valence-corrected chi connectivity index (χ3v) is 3.99. The number of hydrogen-bond donors (Lipinski definition) is 1. The topological polar surface area (TPSA) is 88.3 Å². The Morgan fingerprint density at radius 1 is 1.50 bits per heavy atom. The number of amides is 1. The quantitative estimate of drug-likeness (QED) is 0.924. The normalized spacial score (nSPS) is 12.2. The lowest BCUT2D eigenvalue weighted by molar-refractivity contribution is -0.121. The fraction of sp³-hybridized carbons (Fsp3) is 0.333. The Morgan fingerprint density at radius 3 is 2.75 bits per heavy atom. The van der Waals surface area contributed by atoms with E-state index in [0.29, 0.717) is 10.7 Å². The molecular weight excluding hydrogens is 280 g/mol. The number of carboxylic acids is 1. The first kappa shape index (κ1) is 14.2. The summed E-state index contributed by atoms with van der Waals surface area (Å²) >= 11 is 1.00. The van der Waals surface area contributed by atoms with Gasteiger partial charge in [-0.1, -0.05) is 0 Å². The number of aryl methyl sites for hydroxylation is 1. The van der Waals surface area contributed by atoms with Gasteiger partial charge >= 0.3 is 5.97 Å². The van der Waals surface area contributed by atoms with Gasteiger partial charge in [0.25, 0.3) is 5.91 Å². The summed E-state index contributed by atoms with van der Waals surface area (Å²) in [5.41, 5.74) is 0.474. The van der Waals surface area contributed by atoms with E-state index >= 15 is 0 Å². The number of rotatable bonds is 4. The lowest BCUT2D eigenvalue weighted by atomic mass is 10.2. The lowest BCUT2D eigenvalue weighted by Gasteiger charge is -2.20. The van der Waals surface area contributed by atoms with Crippen molar-refractivity contribution < 1.29 is 14.7 Å². The van der Waals surface area contributed by atoms with Gasteiger partial charge in [0.15, 0.2) is 0 Å². The molecule has 0 saturated heterocycles. The van der Waals surface area contributed by atoms with Crippen molar-refractivity contribution in [1.29, 1.82) is 0 Å². The molecule has 1 amide bonds. The van der Waals surface area contributed by atoms with Crippen LogP contribution >= 0.6 is 11.5 Å². The van der Waals surface area contributed by atoms with Gasteiger partial charge in [0, 0.05) is 19.4 Å². The number of aromatic nitrogens is 3. The molecule has 106 valence electrons. The Bertz CT molecular complexity index is 635. The highest BCUT2D eigenvalue weighted by atomic mass is 32.1. The lowest BCUT2D eigenvalue weighted by Crippen LogP contribution is -2.33. The van der Waals surface area contributed by atoms with Crippen LogP contribution < -0.4 is 4.90 Å². The second-order valence-corrected chi connectivity index (χ2v) is 5.06. The summed E-state index contributed by atoms with van der Waals surface area (Å²) in [5.74, 6) is -1.34. The maximum atomic E-state index is 12.4. The van der Waals surface area contributed by atoms with Crippen molar-refractivity contribution in [3.05, 3.63) is 29.7 Å². The van der Waals surface area contributed by atoms with Crippen LogP contribution in [0.25, 0.3) is 0 Å². The van der Waals surface area contributed by atoms with Gasteiger partial charge in [-0.05, 0) is 31.4 Å². The SMILES string of the molecule is Cc1nsc(N(C)C(=O)C(C)n2cccn2)c1C(=O)O. The average Bonchev–Trinajstić information content (AvgIpc) is 3.04. The molecule has 2 heterocycles. The largest absolute Gasteiger partial charge is 0.478 e. The number of carbonyl (C=O) groups excluding carboxylic acids is 1. The van der Waals surface area contributed by atoms with E-state index < -0.39 is 12.0 Å². The van der Waals surface area contributed by atoms with Crippen molar-refractivity contribution in [2.75, 3.05) is 11.9 Å². The standard InChI is InChI=1S/C12H14N4O3S/c1-7-9(12(18)19)11(20-14-7)15(3)10(17)8(2)16-6-4-5-13-16/h4-6,8H,1-3H3,(H,18,19). The molecule has 20 heavy (non-hydrogen) atoms. The van der Waals surface area contributed by atoms with Crippen LogP contribution in [0.5, 0.6) is 0 Å². The first-order valence-corrected chi connectivity index (χ1v) is 6.67. The number of hydrogen-bond acceptors (Lipinski definition) is 5. The van der Waals surface area contributed by atoms with Crippen molar-refractivity contribution in [3.63, 3.8) is 0 Å². The maximum Gasteiger partial charge on any atom is 0.340 e. The Kier molecular flexibility index (Phi) is 3.84. The molecule has 2 rings (SSSR count). The summed E-state index contributed by atoms with van der Waals surface area (Å²) in [6.07, 6.45) is 3.27. The zero-order valence-corrected chi connectivity index (χ0v) is 12.1. The molecule has 7 nitrogen and oxygen atoms in total. The van der Waals surface area contributed by atoms with E-state index in [-0.39, 0.29) is 11.5 Å². The van der Waals surface area contributed by atoms with E-state index in [1.807, 2.05) is 0 Å². The Morgan fingerprint density at radius 2 is 2.20 bits per heavy atom. The van der Waals surface area contributed by atoms with E-state index in [9.17, 15) is 14.7 Å². The molecule has 0 fully saturated rings. The zero-order chi connectivity index (χ0) is 14.9. The van der Waals surface area contributed by atoms with Crippen molar-refractivity contribution in [2.24, 2.45) is 0 Å². The summed E-state index contributed by atoms with van der Waals surface area (Å²) in [6, 6.07) is 1.21. The minimum atomic E-state index is -1.09. The molecule has 0 aliphatic rings. The summed E-state index contributed by atoms with van der Waals surface area (Å²) in [4.78, 5) is 24.9. The van der Waals surface area contributed by atoms with Crippen molar-refractivity contribution in [1.82, 2.24) is 14.2 Å². The monoisotopic (exact) mass is 294 g/mol. The average molecular weight is 294 g/mol. The number of aromatic carboxylic acids is 1. The van der Waals surface area contributed by atoms with Gasteiger partial charge in [-0.15, -0.1) is 0 Å². The Balaban J connectivity index is 2.30. The van der Waals surface area contributed by atoms with E-state index in [0.717, 1.165) is 11.5 Å². The molecule has 0 bridgehead atoms. The maximum absolute atomic E-state index is 12.4. The van der Waals surface area contributed by atoms with Crippen LogP contribution in [0.2, 0.25) is 0 Å². The Hall–Kier alpha value is -2.22. The van der Waals surface area contributed by atoms with Crippen molar-refractivity contribution in [2.45, 2.75) is 19.9 Å². The number of likely N-dealkylation sites (N-methyl/N-ethyl adjacent to an activating group) is 1. The van der Waals surface area contributed by atoms with Crippen LogP contribution in [0, 0.1) is 6.92 Å². The van der Waals surface area contributed by atoms with E-state index in [4.69, 9.17) is 0 Å². The van der Waals surface area contributed by atoms with Crippen LogP contribution in [0.1, 0.15) is 29.0 Å². The molecular formula is C12H14N4O3S. The molecule has 1 unspecified atom stereocenters. The summed E-state index contributed by atoms with van der Waals surface area (Å²) in [7, 11) is 1.54. The smallest absolute Gasteiger partial charge is 0.340 e. The van der Waals surface area contributed by atoms with Crippen LogP contribution in [0.15, 0.2) is 18.5 Å². The van der Waals surface area contributed by atoms with Crippen molar-refractivity contribution >= 4 is 28.4 Å². The number of nitrogens with zero attached hydrogens (tertiary/aromatic N) is 4. The van der Waals surface area contributed by atoms with Crippen LogP contribution in [-0.2, 0) is 4.79 Å². The molecule has 0 spiro atoms. The predicted octanol–water partition coefficient (Wildman–Crippen LogP) is 1.57. The molecule has 0 aliphatic heterocycles. The van der Waals surface area contributed by atoms with Gasteiger partial charge in [-0.25, -0.2) is 4.79 Å². The second-order valence-electron chi connectivity index (χ2n) is 4.31. The number of carbonyl (C=O) groups is 2. The Labute approximate surface area is 119 Å². The van der Waals surface area contributed by atoms with E-state index in [2.05, 4.69) is 9.47 Å². The molecule has 1 N–H and O–H groups in total. The molecule has 0 saturated carbocycles. The first-order valence-electron chi connectivity index (χ1n) is 5.89. The van der Waals surface area contributed by atoms with Crippen molar-refractivity contribution in [3.8, 4) is 0 Å². The van der Waals surface area contributed by atoms with Crippen LogP contribution in [0.4, 0.5) is 5.00 Å². The minimum absolute atomic E-state index is 0.0681. The second kappa shape index (κ2) is 5.41.